The molecule has 10 heteroatoms. The van der Waals surface area contributed by atoms with Gasteiger partial charge in [0.25, 0.3) is 0 Å². The average molecular weight is 359 g/mol. The second kappa shape index (κ2) is 7.40. The van der Waals surface area contributed by atoms with Crippen LogP contribution in [0.15, 0.2) is 24.3 Å². The predicted octanol–water partition coefficient (Wildman–Crippen LogP) is 2.10. The molecule has 0 saturated heterocycles. The van der Waals surface area contributed by atoms with Gasteiger partial charge >= 0.3 is 18.1 Å². The first kappa shape index (κ1) is 20.2. The van der Waals surface area contributed by atoms with Gasteiger partial charge in [-0.2, -0.15) is 18.4 Å². The minimum absolute atomic E-state index is 0.124. The smallest absolute Gasteiger partial charge is 0.457 e. The fourth-order valence-corrected chi connectivity index (χ4v) is 1.62. The second-order valence-corrected chi connectivity index (χ2v) is 5.91. The van der Waals surface area contributed by atoms with Gasteiger partial charge in [-0.25, -0.2) is 9.86 Å². The van der Waals surface area contributed by atoms with E-state index in [-0.39, 0.29) is 16.3 Å². The Kier molecular flexibility index (Phi) is 5.99. The predicted molar refractivity (Wildman–Crippen MR) is 79.3 cm³/mol. The zero-order valence-electron chi connectivity index (χ0n) is 13.6. The number of benzene rings is 1. The molecule has 0 heterocycles. The van der Waals surface area contributed by atoms with Gasteiger partial charge in [0.15, 0.2) is 0 Å². The van der Waals surface area contributed by atoms with Crippen LogP contribution in [-0.4, -0.2) is 35.0 Å². The standard InChI is InChI=1S/C15H16F3N3O4/c1-14(2,3)25-12(22)11(20-13(23)15(16,17)18)21(24)10-6-4-9(8-19)5-7-10/h4-7,11,24H,1-3H3,(H,20,23). The average Bonchev–Trinajstić information content (AvgIpc) is 2.49. The molecule has 0 aliphatic heterocycles. The van der Waals surface area contributed by atoms with Crippen LogP contribution >= 0.6 is 0 Å². The fourth-order valence-electron chi connectivity index (χ4n) is 1.62. The quantitative estimate of drug-likeness (QED) is 0.485. The van der Waals surface area contributed by atoms with Crippen LogP contribution in [-0.2, 0) is 14.3 Å². The van der Waals surface area contributed by atoms with Crippen molar-refractivity contribution in [2.75, 3.05) is 5.06 Å². The molecule has 1 rings (SSSR count). The summed E-state index contributed by atoms with van der Waals surface area (Å²) < 4.78 is 42.4. The highest BCUT2D eigenvalue weighted by molar-refractivity contribution is 5.89. The summed E-state index contributed by atoms with van der Waals surface area (Å²) in [5, 5.41) is 20.3. The summed E-state index contributed by atoms with van der Waals surface area (Å²) in [6, 6.07) is 6.75. The van der Waals surface area contributed by atoms with E-state index >= 15 is 0 Å². The van der Waals surface area contributed by atoms with Gasteiger partial charge in [0.2, 0.25) is 6.17 Å². The van der Waals surface area contributed by atoms with Crippen LogP contribution in [0.3, 0.4) is 0 Å². The highest BCUT2D eigenvalue weighted by atomic mass is 19.4. The number of carbonyl (C=O) groups is 2. The maximum absolute atomic E-state index is 12.5. The third-order valence-corrected chi connectivity index (χ3v) is 2.66. The van der Waals surface area contributed by atoms with Gasteiger partial charge in [0, 0.05) is 0 Å². The number of nitriles is 1. The normalized spacial score (nSPS) is 12.7. The SMILES string of the molecule is CC(C)(C)OC(=O)C(NC(=O)C(F)(F)F)N(O)c1ccc(C#N)cc1. The minimum Gasteiger partial charge on any atom is -0.457 e. The van der Waals surface area contributed by atoms with E-state index in [1.54, 1.807) is 0 Å². The van der Waals surface area contributed by atoms with Crippen molar-refractivity contribution < 1.29 is 32.7 Å². The summed E-state index contributed by atoms with van der Waals surface area (Å²) in [6.45, 7) is 4.41. The van der Waals surface area contributed by atoms with E-state index in [9.17, 15) is 28.0 Å². The molecule has 0 bridgehead atoms. The van der Waals surface area contributed by atoms with Crippen LogP contribution in [0.25, 0.3) is 0 Å². The summed E-state index contributed by atoms with van der Waals surface area (Å²) >= 11 is 0. The minimum atomic E-state index is -5.26. The molecule has 2 N–H and O–H groups in total. The molecule has 0 aliphatic carbocycles. The highest BCUT2D eigenvalue weighted by Gasteiger charge is 2.43. The number of anilines is 1. The summed E-state index contributed by atoms with van der Waals surface area (Å²) in [5.41, 5.74) is -0.966. The van der Waals surface area contributed by atoms with Crippen LogP contribution in [0.5, 0.6) is 0 Å². The van der Waals surface area contributed by atoms with Gasteiger partial charge in [0.05, 0.1) is 17.3 Å². The van der Waals surface area contributed by atoms with Crippen molar-refractivity contribution in [1.29, 1.82) is 5.26 Å². The lowest BCUT2D eigenvalue weighted by Crippen LogP contribution is -2.56. The number of esters is 1. The van der Waals surface area contributed by atoms with E-state index in [0.29, 0.717) is 0 Å². The maximum atomic E-state index is 12.5. The molecular formula is C15H16F3N3O4. The number of halogens is 3. The van der Waals surface area contributed by atoms with Crippen molar-refractivity contribution in [3.8, 4) is 6.07 Å². The van der Waals surface area contributed by atoms with E-state index in [4.69, 9.17) is 10.00 Å². The second-order valence-electron chi connectivity index (χ2n) is 5.91. The molecule has 136 valence electrons. The molecule has 0 radical (unpaired) electrons. The Morgan fingerprint density at radius 3 is 2.16 bits per heavy atom. The number of rotatable bonds is 4. The zero-order chi connectivity index (χ0) is 19.4. The third kappa shape index (κ3) is 5.96. The topological polar surface area (TPSA) is 103 Å². The van der Waals surface area contributed by atoms with Gasteiger partial charge in [0.1, 0.15) is 5.60 Å². The number of hydrogen-bond donors (Lipinski definition) is 2. The van der Waals surface area contributed by atoms with Crippen LogP contribution in [0.2, 0.25) is 0 Å². The molecular weight excluding hydrogens is 343 g/mol. The van der Waals surface area contributed by atoms with Gasteiger partial charge < -0.3 is 10.1 Å². The van der Waals surface area contributed by atoms with Gasteiger partial charge in [-0.1, -0.05) is 0 Å². The molecule has 0 spiro atoms. The lowest BCUT2D eigenvalue weighted by atomic mass is 10.2. The van der Waals surface area contributed by atoms with Crippen molar-refractivity contribution in [1.82, 2.24) is 5.32 Å². The lowest BCUT2D eigenvalue weighted by Gasteiger charge is -2.30. The highest BCUT2D eigenvalue weighted by Crippen LogP contribution is 2.20. The van der Waals surface area contributed by atoms with Gasteiger partial charge in [-0.15, -0.1) is 0 Å². The summed E-state index contributed by atoms with van der Waals surface area (Å²) in [7, 11) is 0. The number of ether oxygens (including phenoxy) is 1. The number of nitrogens with zero attached hydrogens (tertiary/aromatic N) is 2. The molecule has 0 fully saturated rings. The molecule has 1 aromatic rings. The number of alkyl halides is 3. The molecule has 25 heavy (non-hydrogen) atoms. The van der Waals surface area contributed by atoms with Crippen LogP contribution < -0.4 is 10.4 Å². The van der Waals surface area contributed by atoms with E-state index in [0.717, 1.165) is 0 Å². The van der Waals surface area contributed by atoms with Gasteiger partial charge in [-0.05, 0) is 45.0 Å². The Hall–Kier alpha value is -2.80. The first-order valence-corrected chi connectivity index (χ1v) is 6.94. The van der Waals surface area contributed by atoms with Crippen LogP contribution in [0.1, 0.15) is 26.3 Å². The molecule has 0 aromatic heterocycles. The molecule has 7 nitrogen and oxygen atoms in total. The Labute approximate surface area is 141 Å². The Bertz CT molecular complexity index is 675. The first-order valence-electron chi connectivity index (χ1n) is 6.94. The Morgan fingerprint density at radius 1 is 1.24 bits per heavy atom. The molecule has 1 aromatic carbocycles. The maximum Gasteiger partial charge on any atom is 0.471 e. The molecule has 1 atom stereocenters. The third-order valence-electron chi connectivity index (χ3n) is 2.66. The van der Waals surface area contributed by atoms with Crippen LogP contribution in [0.4, 0.5) is 18.9 Å². The lowest BCUT2D eigenvalue weighted by molar-refractivity contribution is -0.178. The largest absolute Gasteiger partial charge is 0.471 e. The van der Waals surface area contributed by atoms with E-state index < -0.39 is 29.8 Å². The van der Waals surface area contributed by atoms with Gasteiger partial charge in [-0.3, -0.25) is 10.0 Å². The monoisotopic (exact) mass is 359 g/mol. The zero-order valence-corrected chi connectivity index (χ0v) is 13.6. The molecule has 1 unspecified atom stereocenters. The Balaban J connectivity index is 3.13. The van der Waals surface area contributed by atoms with E-state index in [1.165, 1.54) is 50.4 Å². The van der Waals surface area contributed by atoms with Crippen LogP contribution in [0, 0.1) is 11.3 Å². The number of hydroxylamine groups is 1. The molecule has 1 amide bonds. The van der Waals surface area contributed by atoms with Crippen molar-refractivity contribution in [2.24, 2.45) is 0 Å². The van der Waals surface area contributed by atoms with Crippen molar-refractivity contribution in [3.05, 3.63) is 29.8 Å². The number of hydrogen-bond acceptors (Lipinski definition) is 6. The number of carbonyl (C=O) groups excluding carboxylic acids is 2. The molecule has 0 aliphatic rings. The summed E-state index contributed by atoms with van der Waals surface area (Å²) in [4.78, 5) is 23.3. The van der Waals surface area contributed by atoms with E-state index in [1.807, 2.05) is 6.07 Å². The first-order chi connectivity index (χ1) is 11.3. The van der Waals surface area contributed by atoms with Crippen molar-refractivity contribution in [2.45, 2.75) is 38.7 Å². The van der Waals surface area contributed by atoms with Crippen molar-refractivity contribution in [3.63, 3.8) is 0 Å². The van der Waals surface area contributed by atoms with E-state index in [2.05, 4.69) is 0 Å². The number of nitrogens with one attached hydrogen (secondary N) is 1. The fraction of sp³-hybridized carbons (Fsp3) is 0.400. The summed E-state index contributed by atoms with van der Waals surface area (Å²) in [6.07, 6.45) is -7.40. The molecule has 0 saturated carbocycles. The number of amides is 1. The Morgan fingerprint density at radius 2 is 1.76 bits per heavy atom. The van der Waals surface area contributed by atoms with Crippen molar-refractivity contribution >= 4 is 17.6 Å². The summed E-state index contributed by atoms with van der Waals surface area (Å²) in [5.74, 6) is -3.71.